The maximum absolute atomic E-state index is 13.2. The van der Waals surface area contributed by atoms with Crippen molar-refractivity contribution >= 4 is 17.5 Å². The van der Waals surface area contributed by atoms with E-state index in [1.807, 2.05) is 45.0 Å². The first-order chi connectivity index (χ1) is 17.8. The minimum Gasteiger partial charge on any atom is -0.346 e. The minimum absolute atomic E-state index is 0.0920. The molecule has 4 heterocycles. The number of allylic oxidation sites excluding steroid dienone is 1. The lowest BCUT2D eigenvalue weighted by molar-refractivity contribution is -0.118. The number of aromatic amines is 1. The number of hydrogen-bond acceptors (Lipinski definition) is 7. The van der Waals surface area contributed by atoms with Crippen LogP contribution in [0.3, 0.4) is 0 Å². The zero-order valence-corrected chi connectivity index (χ0v) is 20.9. The van der Waals surface area contributed by atoms with Crippen molar-refractivity contribution in [3.05, 3.63) is 83.1 Å². The SMILES string of the molecule is Cc1cc(Nc2cc(C)[nH]n2)nc(C2CC=C(C(=O)NC(C)c3ccc(-n4cc(F)cn4)nc3)CC2)n1. The second kappa shape index (κ2) is 10.3. The lowest BCUT2D eigenvalue weighted by Crippen LogP contribution is -2.29. The highest BCUT2D eigenvalue weighted by molar-refractivity contribution is 5.93. The Hall–Kier alpha value is -4.41. The van der Waals surface area contributed by atoms with E-state index in [9.17, 15) is 9.18 Å². The van der Waals surface area contributed by atoms with Crippen molar-refractivity contribution in [3.8, 4) is 5.82 Å². The van der Waals surface area contributed by atoms with Gasteiger partial charge in [-0.2, -0.15) is 10.2 Å². The Morgan fingerprint density at radius 3 is 2.70 bits per heavy atom. The van der Waals surface area contributed by atoms with Gasteiger partial charge in [0.25, 0.3) is 0 Å². The fourth-order valence-electron chi connectivity index (χ4n) is 4.31. The Morgan fingerprint density at radius 1 is 1.19 bits per heavy atom. The molecular weight excluding hydrogens is 473 g/mol. The van der Waals surface area contributed by atoms with E-state index in [-0.39, 0.29) is 17.9 Å². The summed E-state index contributed by atoms with van der Waals surface area (Å²) in [7, 11) is 0. The number of anilines is 2. The van der Waals surface area contributed by atoms with Gasteiger partial charge in [-0.1, -0.05) is 12.1 Å². The number of pyridine rings is 1. The van der Waals surface area contributed by atoms with E-state index in [0.29, 0.717) is 30.3 Å². The highest BCUT2D eigenvalue weighted by Gasteiger charge is 2.23. The summed E-state index contributed by atoms with van der Waals surface area (Å²) in [5, 5.41) is 17.3. The van der Waals surface area contributed by atoms with Gasteiger partial charge in [0, 0.05) is 41.2 Å². The van der Waals surface area contributed by atoms with Gasteiger partial charge >= 0.3 is 0 Å². The topological polar surface area (TPSA) is 126 Å². The van der Waals surface area contributed by atoms with Crippen LogP contribution in [0.5, 0.6) is 0 Å². The van der Waals surface area contributed by atoms with E-state index < -0.39 is 5.82 Å². The Balaban J connectivity index is 1.20. The van der Waals surface area contributed by atoms with E-state index in [2.05, 4.69) is 35.9 Å². The standard InChI is InChI=1S/C26H28FN9O/c1-15-10-22(32-23-11-16(2)34-35-23)33-25(30-15)18-4-6-19(7-5-18)26(37)31-17(3)20-8-9-24(28-12-20)36-14-21(27)13-29-36/h6,8-14,17-18H,4-5,7H2,1-3H3,(H,31,37)(H2,30,32,33,34,35). The molecule has 0 aliphatic heterocycles. The number of carbonyl (C=O) groups is 1. The van der Waals surface area contributed by atoms with Crippen LogP contribution >= 0.6 is 0 Å². The molecule has 5 rings (SSSR count). The van der Waals surface area contributed by atoms with Crippen molar-refractivity contribution in [2.45, 2.75) is 52.0 Å². The lowest BCUT2D eigenvalue weighted by Gasteiger charge is -2.22. The van der Waals surface area contributed by atoms with Crippen molar-refractivity contribution in [3.63, 3.8) is 0 Å². The molecule has 190 valence electrons. The zero-order chi connectivity index (χ0) is 25.9. The van der Waals surface area contributed by atoms with E-state index in [1.54, 1.807) is 12.3 Å². The molecule has 0 bridgehead atoms. The average molecular weight is 502 g/mol. The first-order valence-electron chi connectivity index (χ1n) is 12.1. The number of rotatable bonds is 7. The summed E-state index contributed by atoms with van der Waals surface area (Å²) in [5.41, 5.74) is 3.45. The predicted octanol–water partition coefficient (Wildman–Crippen LogP) is 4.35. The number of nitrogens with one attached hydrogen (secondary N) is 3. The molecule has 0 saturated heterocycles. The summed E-state index contributed by atoms with van der Waals surface area (Å²) in [6, 6.07) is 7.16. The molecule has 0 aromatic carbocycles. The lowest BCUT2D eigenvalue weighted by atomic mass is 9.88. The Labute approximate surface area is 213 Å². The van der Waals surface area contributed by atoms with Crippen LogP contribution in [0.4, 0.5) is 16.0 Å². The van der Waals surface area contributed by atoms with Gasteiger partial charge < -0.3 is 10.6 Å². The highest BCUT2D eigenvalue weighted by atomic mass is 19.1. The summed E-state index contributed by atoms with van der Waals surface area (Å²) >= 11 is 0. The monoisotopic (exact) mass is 501 g/mol. The summed E-state index contributed by atoms with van der Waals surface area (Å²) < 4.78 is 14.6. The molecule has 11 heteroatoms. The molecule has 37 heavy (non-hydrogen) atoms. The summed E-state index contributed by atoms with van der Waals surface area (Å²) in [5.74, 6) is 2.30. The molecule has 1 aliphatic rings. The predicted molar refractivity (Wildman–Crippen MR) is 136 cm³/mol. The van der Waals surface area contributed by atoms with Crippen LogP contribution in [0.2, 0.25) is 0 Å². The van der Waals surface area contributed by atoms with Gasteiger partial charge in [0.05, 0.1) is 18.4 Å². The van der Waals surface area contributed by atoms with Gasteiger partial charge in [0.1, 0.15) is 11.6 Å². The molecule has 4 aromatic heterocycles. The quantitative estimate of drug-likeness (QED) is 0.344. The van der Waals surface area contributed by atoms with Crippen molar-refractivity contribution in [2.24, 2.45) is 0 Å². The highest BCUT2D eigenvalue weighted by Crippen LogP contribution is 2.31. The smallest absolute Gasteiger partial charge is 0.247 e. The van der Waals surface area contributed by atoms with Gasteiger partial charge in [-0.3, -0.25) is 9.89 Å². The molecule has 0 fully saturated rings. The second-order valence-electron chi connectivity index (χ2n) is 9.26. The first kappa shape index (κ1) is 24.3. The van der Waals surface area contributed by atoms with Gasteiger partial charge in [0.2, 0.25) is 5.91 Å². The Bertz CT molecular complexity index is 1440. The van der Waals surface area contributed by atoms with Crippen LogP contribution in [0.15, 0.2) is 54.5 Å². The number of hydrogen-bond donors (Lipinski definition) is 3. The molecule has 4 aromatic rings. The molecule has 3 N–H and O–H groups in total. The number of halogens is 1. The molecular formula is C26H28FN9O. The van der Waals surface area contributed by atoms with Crippen LogP contribution in [0, 0.1) is 19.7 Å². The van der Waals surface area contributed by atoms with Crippen LogP contribution in [-0.2, 0) is 4.79 Å². The number of aromatic nitrogens is 7. The molecule has 2 atom stereocenters. The third-order valence-corrected chi connectivity index (χ3v) is 6.31. The number of nitrogens with zero attached hydrogens (tertiary/aromatic N) is 6. The van der Waals surface area contributed by atoms with Crippen molar-refractivity contribution < 1.29 is 9.18 Å². The Morgan fingerprint density at radius 2 is 2.05 bits per heavy atom. The first-order valence-corrected chi connectivity index (χ1v) is 12.1. The Kier molecular flexibility index (Phi) is 6.76. The normalized spacial score (nSPS) is 16.2. The third kappa shape index (κ3) is 5.71. The third-order valence-electron chi connectivity index (χ3n) is 6.31. The van der Waals surface area contributed by atoms with Gasteiger partial charge in [-0.15, -0.1) is 0 Å². The minimum atomic E-state index is -0.426. The fraction of sp³-hybridized carbons (Fsp3) is 0.308. The zero-order valence-electron chi connectivity index (χ0n) is 20.9. The largest absolute Gasteiger partial charge is 0.346 e. The van der Waals surface area contributed by atoms with Gasteiger partial charge in [-0.05, 0) is 51.7 Å². The van der Waals surface area contributed by atoms with Crippen LogP contribution in [-0.4, -0.2) is 40.8 Å². The van der Waals surface area contributed by atoms with Crippen LogP contribution in [0.1, 0.15) is 60.9 Å². The van der Waals surface area contributed by atoms with Crippen LogP contribution in [0.25, 0.3) is 5.82 Å². The number of aryl methyl sites for hydroxylation is 2. The summed E-state index contributed by atoms with van der Waals surface area (Å²) in [4.78, 5) is 26.6. The second-order valence-corrected chi connectivity index (χ2v) is 9.26. The van der Waals surface area contributed by atoms with Gasteiger partial charge in [-0.25, -0.2) is 24.0 Å². The van der Waals surface area contributed by atoms with Crippen molar-refractivity contribution in [2.75, 3.05) is 5.32 Å². The van der Waals surface area contributed by atoms with Gasteiger partial charge in [0.15, 0.2) is 17.5 Å². The van der Waals surface area contributed by atoms with Crippen molar-refractivity contribution in [1.29, 1.82) is 0 Å². The van der Waals surface area contributed by atoms with Crippen LogP contribution < -0.4 is 10.6 Å². The molecule has 1 amide bonds. The number of carbonyl (C=O) groups excluding carboxylic acids is 1. The maximum Gasteiger partial charge on any atom is 0.247 e. The molecule has 0 radical (unpaired) electrons. The fourth-order valence-corrected chi connectivity index (χ4v) is 4.31. The maximum atomic E-state index is 13.2. The van der Waals surface area contributed by atoms with E-state index in [4.69, 9.17) is 4.98 Å². The number of H-pyrrole nitrogens is 1. The number of amides is 1. The summed E-state index contributed by atoms with van der Waals surface area (Å²) in [6.07, 6.45) is 8.16. The molecule has 0 saturated carbocycles. The van der Waals surface area contributed by atoms with E-state index >= 15 is 0 Å². The van der Waals surface area contributed by atoms with E-state index in [1.165, 1.54) is 10.9 Å². The molecule has 1 aliphatic carbocycles. The summed E-state index contributed by atoms with van der Waals surface area (Å²) in [6.45, 7) is 5.79. The molecule has 10 nitrogen and oxygen atoms in total. The van der Waals surface area contributed by atoms with E-state index in [0.717, 1.165) is 41.0 Å². The molecule has 0 spiro atoms. The average Bonchev–Trinajstić information content (AvgIpc) is 3.51. The van der Waals surface area contributed by atoms with Crippen molar-refractivity contribution in [1.82, 2.24) is 40.2 Å². The molecule has 2 unspecified atom stereocenters.